The zero-order chi connectivity index (χ0) is 14.1. The summed E-state index contributed by atoms with van der Waals surface area (Å²) in [5, 5.41) is 2.97. The van der Waals surface area contributed by atoms with Gasteiger partial charge in [0.2, 0.25) is 11.8 Å². The van der Waals surface area contributed by atoms with Gasteiger partial charge in [-0.3, -0.25) is 9.59 Å². The summed E-state index contributed by atoms with van der Waals surface area (Å²) in [5.74, 6) is 1.13. The van der Waals surface area contributed by atoms with E-state index >= 15 is 0 Å². The van der Waals surface area contributed by atoms with Crippen molar-refractivity contribution in [1.82, 2.24) is 5.32 Å². The van der Waals surface area contributed by atoms with Crippen LogP contribution in [0.5, 0.6) is 0 Å². The molecule has 0 bridgehead atoms. The monoisotopic (exact) mass is 272 g/mol. The van der Waals surface area contributed by atoms with Gasteiger partial charge >= 0.3 is 0 Å². The number of carbonyl (C=O) groups is 2. The van der Waals surface area contributed by atoms with Crippen LogP contribution < -0.4 is 10.2 Å². The Kier molecular flexibility index (Phi) is 3.47. The highest BCUT2D eigenvalue weighted by molar-refractivity contribution is 5.95. The largest absolute Gasteiger partial charge is 0.352 e. The van der Waals surface area contributed by atoms with E-state index in [0.717, 1.165) is 30.6 Å². The summed E-state index contributed by atoms with van der Waals surface area (Å²) < 4.78 is 0. The van der Waals surface area contributed by atoms with Crippen LogP contribution in [0.25, 0.3) is 0 Å². The van der Waals surface area contributed by atoms with Crippen LogP contribution >= 0.6 is 0 Å². The molecule has 2 amide bonds. The van der Waals surface area contributed by atoms with E-state index in [1.165, 1.54) is 0 Å². The van der Waals surface area contributed by atoms with E-state index in [1.807, 2.05) is 29.2 Å². The molecule has 1 N–H and O–H groups in total. The van der Waals surface area contributed by atoms with Crippen LogP contribution in [0.3, 0.4) is 0 Å². The lowest BCUT2D eigenvalue weighted by Crippen LogP contribution is -2.25. The van der Waals surface area contributed by atoms with E-state index in [1.54, 1.807) is 0 Å². The number of benzene rings is 1. The molecular weight excluding hydrogens is 252 g/mol. The molecule has 0 aromatic heterocycles. The first-order chi connectivity index (χ1) is 9.65. The smallest absolute Gasteiger partial charge is 0.227 e. The molecule has 106 valence electrons. The highest BCUT2D eigenvalue weighted by Gasteiger charge is 2.38. The van der Waals surface area contributed by atoms with Gasteiger partial charge in [0.15, 0.2) is 0 Å². The standard InChI is InChI=1S/C16H20N2O2/c1-11-9-14(11)16(20)17-10-12-4-6-13(7-5-12)18-8-2-3-15(18)19/h4-7,11,14H,2-3,8-10H2,1H3,(H,17,20)/t11-,14+/m1/s1. The molecule has 0 radical (unpaired) electrons. The van der Waals surface area contributed by atoms with Crippen LogP contribution in [0.1, 0.15) is 31.7 Å². The van der Waals surface area contributed by atoms with Gasteiger partial charge in [0, 0.05) is 31.1 Å². The molecule has 1 heterocycles. The lowest BCUT2D eigenvalue weighted by atomic mass is 10.2. The summed E-state index contributed by atoms with van der Waals surface area (Å²) in [4.78, 5) is 25.2. The maximum atomic E-state index is 11.7. The van der Waals surface area contributed by atoms with Gasteiger partial charge in [-0.15, -0.1) is 0 Å². The number of rotatable bonds is 4. The topological polar surface area (TPSA) is 49.4 Å². The van der Waals surface area contributed by atoms with E-state index in [4.69, 9.17) is 0 Å². The zero-order valence-electron chi connectivity index (χ0n) is 11.8. The lowest BCUT2D eigenvalue weighted by molar-refractivity contribution is -0.122. The van der Waals surface area contributed by atoms with Crippen LogP contribution in [-0.4, -0.2) is 18.4 Å². The molecule has 1 aliphatic carbocycles. The molecule has 1 aromatic carbocycles. The Bertz CT molecular complexity index is 524. The summed E-state index contributed by atoms with van der Waals surface area (Å²) in [6, 6.07) is 7.89. The third-order valence-electron chi connectivity index (χ3n) is 4.23. The summed E-state index contributed by atoms with van der Waals surface area (Å²) in [6.45, 7) is 3.48. The van der Waals surface area contributed by atoms with E-state index in [-0.39, 0.29) is 17.7 Å². The molecule has 4 nitrogen and oxygen atoms in total. The third-order valence-corrected chi connectivity index (χ3v) is 4.23. The van der Waals surface area contributed by atoms with E-state index in [2.05, 4.69) is 12.2 Å². The average molecular weight is 272 g/mol. The van der Waals surface area contributed by atoms with Crippen molar-refractivity contribution in [2.24, 2.45) is 11.8 Å². The van der Waals surface area contributed by atoms with Crippen LogP contribution in [0.2, 0.25) is 0 Å². The van der Waals surface area contributed by atoms with Crippen LogP contribution in [0.15, 0.2) is 24.3 Å². The van der Waals surface area contributed by atoms with Crippen LogP contribution in [-0.2, 0) is 16.1 Å². The molecule has 2 aliphatic rings. The van der Waals surface area contributed by atoms with Gasteiger partial charge in [-0.05, 0) is 36.5 Å². The summed E-state index contributed by atoms with van der Waals surface area (Å²) in [7, 11) is 0. The maximum absolute atomic E-state index is 11.7. The van der Waals surface area contributed by atoms with Crippen molar-refractivity contribution in [3.8, 4) is 0 Å². The van der Waals surface area contributed by atoms with E-state index < -0.39 is 0 Å². The predicted octanol–water partition coefficient (Wildman–Crippen LogP) is 2.09. The second-order valence-corrected chi connectivity index (χ2v) is 5.85. The number of carbonyl (C=O) groups excluding carboxylic acids is 2. The van der Waals surface area contributed by atoms with Gasteiger partial charge in [0.25, 0.3) is 0 Å². The summed E-state index contributed by atoms with van der Waals surface area (Å²) in [5.41, 5.74) is 2.03. The highest BCUT2D eigenvalue weighted by atomic mass is 16.2. The normalized spacial score (nSPS) is 24.9. The minimum Gasteiger partial charge on any atom is -0.352 e. The van der Waals surface area contributed by atoms with Gasteiger partial charge in [-0.2, -0.15) is 0 Å². The SMILES string of the molecule is C[C@@H]1C[C@@H]1C(=O)NCc1ccc(N2CCCC2=O)cc1. The Labute approximate surface area is 119 Å². The van der Waals surface area contributed by atoms with Gasteiger partial charge in [-0.1, -0.05) is 19.1 Å². The van der Waals surface area contributed by atoms with Gasteiger partial charge in [0.1, 0.15) is 0 Å². The number of nitrogens with zero attached hydrogens (tertiary/aromatic N) is 1. The molecule has 3 rings (SSSR count). The fraction of sp³-hybridized carbons (Fsp3) is 0.500. The minimum absolute atomic E-state index is 0.163. The second kappa shape index (κ2) is 5.27. The molecule has 2 fully saturated rings. The Morgan fingerprint density at radius 3 is 2.60 bits per heavy atom. The van der Waals surface area contributed by atoms with Gasteiger partial charge in [0.05, 0.1) is 0 Å². The first-order valence-corrected chi connectivity index (χ1v) is 7.32. The summed E-state index contributed by atoms with van der Waals surface area (Å²) >= 11 is 0. The van der Waals surface area contributed by atoms with Crippen molar-refractivity contribution < 1.29 is 9.59 Å². The Hall–Kier alpha value is -1.84. The lowest BCUT2D eigenvalue weighted by Gasteiger charge is -2.16. The Morgan fingerprint density at radius 2 is 2.05 bits per heavy atom. The fourth-order valence-corrected chi connectivity index (χ4v) is 2.72. The van der Waals surface area contributed by atoms with Crippen molar-refractivity contribution >= 4 is 17.5 Å². The predicted molar refractivity (Wildman–Crippen MR) is 77.1 cm³/mol. The van der Waals surface area contributed by atoms with Gasteiger partial charge in [-0.25, -0.2) is 0 Å². The van der Waals surface area contributed by atoms with E-state index in [9.17, 15) is 9.59 Å². The number of hydrogen-bond acceptors (Lipinski definition) is 2. The second-order valence-electron chi connectivity index (χ2n) is 5.85. The molecule has 1 saturated heterocycles. The number of nitrogens with one attached hydrogen (secondary N) is 1. The molecule has 1 aromatic rings. The molecule has 1 aliphatic heterocycles. The average Bonchev–Trinajstić information content (AvgIpc) is 3.03. The first kappa shape index (κ1) is 13.2. The first-order valence-electron chi connectivity index (χ1n) is 7.32. The maximum Gasteiger partial charge on any atom is 0.227 e. The molecule has 4 heteroatoms. The Morgan fingerprint density at radius 1 is 1.35 bits per heavy atom. The number of amides is 2. The van der Waals surface area contributed by atoms with Crippen molar-refractivity contribution in [3.05, 3.63) is 29.8 Å². The fourth-order valence-electron chi connectivity index (χ4n) is 2.72. The third kappa shape index (κ3) is 2.69. The molecule has 20 heavy (non-hydrogen) atoms. The molecule has 1 saturated carbocycles. The Balaban J connectivity index is 1.56. The molecule has 2 atom stereocenters. The van der Waals surface area contributed by atoms with Crippen LogP contribution in [0, 0.1) is 11.8 Å². The van der Waals surface area contributed by atoms with E-state index in [0.29, 0.717) is 18.9 Å². The van der Waals surface area contributed by atoms with Crippen molar-refractivity contribution in [2.75, 3.05) is 11.4 Å². The molecular formula is C16H20N2O2. The van der Waals surface area contributed by atoms with Crippen molar-refractivity contribution in [1.29, 1.82) is 0 Å². The number of hydrogen-bond donors (Lipinski definition) is 1. The summed E-state index contributed by atoms with van der Waals surface area (Å²) in [6.07, 6.45) is 2.61. The highest BCUT2D eigenvalue weighted by Crippen LogP contribution is 2.37. The number of anilines is 1. The van der Waals surface area contributed by atoms with Gasteiger partial charge < -0.3 is 10.2 Å². The minimum atomic E-state index is 0.163. The van der Waals surface area contributed by atoms with Crippen molar-refractivity contribution in [2.45, 2.75) is 32.7 Å². The van der Waals surface area contributed by atoms with Crippen LogP contribution in [0.4, 0.5) is 5.69 Å². The van der Waals surface area contributed by atoms with Crippen molar-refractivity contribution in [3.63, 3.8) is 0 Å². The quantitative estimate of drug-likeness (QED) is 0.912. The zero-order valence-corrected chi connectivity index (χ0v) is 11.8. The molecule has 0 unspecified atom stereocenters. The molecule has 0 spiro atoms.